The van der Waals surface area contributed by atoms with Crippen LogP contribution in [0.25, 0.3) is 10.1 Å². The minimum absolute atomic E-state index is 0.0185. The summed E-state index contributed by atoms with van der Waals surface area (Å²) >= 11 is 1.50. The van der Waals surface area contributed by atoms with Gasteiger partial charge in [0.05, 0.1) is 5.69 Å². The number of anilines is 1. The van der Waals surface area contributed by atoms with Gasteiger partial charge in [-0.1, -0.05) is 31.0 Å². The van der Waals surface area contributed by atoms with Crippen LogP contribution >= 0.6 is 11.3 Å². The Labute approximate surface area is 123 Å². The highest BCUT2D eigenvalue weighted by atomic mass is 32.1. The molecule has 0 spiro atoms. The number of hydrogen-bond donors (Lipinski definition) is 2. The number of nitrogen functional groups attached to an aromatic ring is 1. The van der Waals surface area contributed by atoms with E-state index in [1.807, 2.05) is 12.1 Å². The van der Waals surface area contributed by atoms with E-state index in [0.29, 0.717) is 16.5 Å². The first-order valence-electron chi connectivity index (χ1n) is 7.22. The molecule has 0 unspecified atom stereocenters. The van der Waals surface area contributed by atoms with Gasteiger partial charge in [-0.3, -0.25) is 4.79 Å². The molecule has 0 bridgehead atoms. The second-order valence-electron chi connectivity index (χ2n) is 5.66. The van der Waals surface area contributed by atoms with Crippen molar-refractivity contribution < 1.29 is 4.79 Å². The number of carbonyl (C=O) groups is 1. The number of rotatable bonds is 3. The molecule has 0 atom stereocenters. The highest BCUT2D eigenvalue weighted by molar-refractivity contribution is 7.21. The third-order valence-corrected chi connectivity index (χ3v) is 5.54. The summed E-state index contributed by atoms with van der Waals surface area (Å²) < 4.78 is 1.12. The van der Waals surface area contributed by atoms with Crippen LogP contribution in [0.15, 0.2) is 18.2 Å². The lowest BCUT2D eigenvalue weighted by Gasteiger charge is -2.09. The van der Waals surface area contributed by atoms with Crippen molar-refractivity contribution in [2.45, 2.75) is 32.6 Å². The Morgan fingerprint density at radius 2 is 2.15 bits per heavy atom. The molecule has 1 fully saturated rings. The molecule has 1 aliphatic carbocycles. The molecule has 3 nitrogen and oxygen atoms in total. The second-order valence-corrected chi connectivity index (χ2v) is 6.68. The summed E-state index contributed by atoms with van der Waals surface area (Å²) in [6, 6.07) is 6.03. The highest BCUT2D eigenvalue weighted by Gasteiger charge is 2.20. The third kappa shape index (κ3) is 2.40. The zero-order chi connectivity index (χ0) is 14.1. The number of amides is 1. The van der Waals surface area contributed by atoms with Gasteiger partial charge in [0.2, 0.25) is 0 Å². The first-order chi connectivity index (χ1) is 9.66. The summed E-state index contributed by atoms with van der Waals surface area (Å²) in [6.07, 6.45) is 5.07. The van der Waals surface area contributed by atoms with E-state index in [-0.39, 0.29) is 5.91 Å². The topological polar surface area (TPSA) is 55.1 Å². The van der Waals surface area contributed by atoms with Crippen LogP contribution < -0.4 is 11.1 Å². The number of fused-ring (bicyclic) bond motifs is 1. The number of hydrogen-bond acceptors (Lipinski definition) is 3. The van der Waals surface area contributed by atoms with Gasteiger partial charge >= 0.3 is 0 Å². The first-order valence-corrected chi connectivity index (χ1v) is 8.04. The monoisotopic (exact) mass is 288 g/mol. The van der Waals surface area contributed by atoms with Crippen molar-refractivity contribution in [1.29, 1.82) is 0 Å². The fraction of sp³-hybridized carbons (Fsp3) is 0.438. The second kappa shape index (κ2) is 5.44. The summed E-state index contributed by atoms with van der Waals surface area (Å²) in [4.78, 5) is 13.0. The molecule has 3 N–H and O–H groups in total. The van der Waals surface area contributed by atoms with Crippen molar-refractivity contribution in [3.63, 3.8) is 0 Å². The average Bonchev–Trinajstić information content (AvgIpc) is 3.06. The van der Waals surface area contributed by atoms with E-state index in [1.165, 1.54) is 42.6 Å². The predicted molar refractivity (Wildman–Crippen MR) is 85.3 cm³/mol. The number of nitrogens with one attached hydrogen (secondary N) is 1. The van der Waals surface area contributed by atoms with Gasteiger partial charge in [-0.25, -0.2) is 0 Å². The fourth-order valence-electron chi connectivity index (χ4n) is 2.98. The number of benzene rings is 1. The van der Waals surface area contributed by atoms with Crippen LogP contribution in [0.5, 0.6) is 0 Å². The predicted octanol–water partition coefficient (Wildman–Crippen LogP) is 3.71. The molecule has 1 saturated carbocycles. The molecular weight excluding hydrogens is 268 g/mol. The summed E-state index contributed by atoms with van der Waals surface area (Å²) in [5.74, 6) is 0.631. The van der Waals surface area contributed by atoms with E-state index < -0.39 is 0 Å². The molecule has 1 heterocycles. The Morgan fingerprint density at radius 3 is 2.85 bits per heavy atom. The largest absolute Gasteiger partial charge is 0.397 e. The lowest BCUT2D eigenvalue weighted by molar-refractivity contribution is 0.0952. The molecule has 1 aromatic carbocycles. The van der Waals surface area contributed by atoms with Crippen molar-refractivity contribution in [3.05, 3.63) is 28.6 Å². The zero-order valence-electron chi connectivity index (χ0n) is 11.7. The number of aryl methyl sites for hydroxylation is 1. The van der Waals surface area contributed by atoms with Crippen LogP contribution in [0.4, 0.5) is 5.69 Å². The molecule has 0 saturated heterocycles. The molecule has 106 valence electrons. The van der Waals surface area contributed by atoms with Crippen molar-refractivity contribution in [2.24, 2.45) is 5.92 Å². The Kier molecular flexibility index (Phi) is 3.66. The quantitative estimate of drug-likeness (QED) is 0.904. The minimum Gasteiger partial charge on any atom is -0.397 e. The van der Waals surface area contributed by atoms with Gasteiger partial charge < -0.3 is 11.1 Å². The molecule has 1 amide bonds. The molecule has 0 radical (unpaired) electrons. The Bertz CT molecular complexity index is 641. The molecule has 2 aromatic rings. The van der Waals surface area contributed by atoms with Gasteiger partial charge in [-0.15, -0.1) is 11.3 Å². The molecule has 1 aliphatic rings. The normalized spacial score (nSPS) is 15.8. The summed E-state index contributed by atoms with van der Waals surface area (Å²) in [5, 5.41) is 4.05. The van der Waals surface area contributed by atoms with Crippen LogP contribution in [0.3, 0.4) is 0 Å². The van der Waals surface area contributed by atoms with Crippen molar-refractivity contribution >= 4 is 33.0 Å². The maximum Gasteiger partial charge on any atom is 0.263 e. The van der Waals surface area contributed by atoms with Crippen molar-refractivity contribution in [2.75, 3.05) is 12.3 Å². The van der Waals surface area contributed by atoms with E-state index in [9.17, 15) is 4.79 Å². The smallest absolute Gasteiger partial charge is 0.263 e. The summed E-state index contributed by atoms with van der Waals surface area (Å²) in [5.41, 5.74) is 7.94. The number of carbonyl (C=O) groups excluding carboxylic acids is 1. The van der Waals surface area contributed by atoms with Crippen molar-refractivity contribution in [1.82, 2.24) is 5.32 Å². The molecule has 3 rings (SSSR count). The maximum atomic E-state index is 12.3. The third-order valence-electron chi connectivity index (χ3n) is 4.18. The van der Waals surface area contributed by atoms with E-state index in [0.717, 1.165) is 16.6 Å². The van der Waals surface area contributed by atoms with Gasteiger partial charge in [0.1, 0.15) is 4.88 Å². The van der Waals surface area contributed by atoms with Crippen LogP contribution in [0, 0.1) is 12.8 Å². The van der Waals surface area contributed by atoms with Crippen LogP contribution in [-0.4, -0.2) is 12.5 Å². The zero-order valence-corrected chi connectivity index (χ0v) is 12.6. The van der Waals surface area contributed by atoms with Gasteiger partial charge in [0, 0.05) is 16.6 Å². The van der Waals surface area contributed by atoms with Gasteiger partial charge in [-0.2, -0.15) is 0 Å². The van der Waals surface area contributed by atoms with E-state index in [1.54, 1.807) is 0 Å². The molecule has 1 aromatic heterocycles. The minimum atomic E-state index is -0.0185. The first kappa shape index (κ1) is 13.4. The molecule has 4 heteroatoms. The summed E-state index contributed by atoms with van der Waals surface area (Å²) in [7, 11) is 0. The standard InChI is InChI=1S/C16H20N2OS/c1-10-5-4-8-12-13(17)15(20-14(10)12)16(19)18-9-11-6-2-3-7-11/h4-5,8,11H,2-3,6-7,9,17H2,1H3,(H,18,19). The Balaban J connectivity index is 1.80. The highest BCUT2D eigenvalue weighted by Crippen LogP contribution is 2.35. The molecule has 0 aliphatic heterocycles. The molecule has 20 heavy (non-hydrogen) atoms. The van der Waals surface area contributed by atoms with E-state index >= 15 is 0 Å². The van der Waals surface area contributed by atoms with Crippen LogP contribution in [0.1, 0.15) is 40.9 Å². The maximum absolute atomic E-state index is 12.3. The van der Waals surface area contributed by atoms with Gasteiger partial charge in [0.15, 0.2) is 0 Å². The van der Waals surface area contributed by atoms with Gasteiger partial charge in [-0.05, 0) is 31.2 Å². The summed E-state index contributed by atoms with van der Waals surface area (Å²) in [6.45, 7) is 2.84. The number of nitrogens with two attached hydrogens (primary N) is 1. The average molecular weight is 288 g/mol. The van der Waals surface area contributed by atoms with E-state index in [4.69, 9.17) is 5.73 Å². The Hall–Kier alpha value is -1.55. The fourth-order valence-corrected chi connectivity index (χ4v) is 4.09. The number of thiophene rings is 1. The van der Waals surface area contributed by atoms with Crippen LogP contribution in [-0.2, 0) is 0 Å². The molecular formula is C16H20N2OS. The lowest BCUT2D eigenvalue weighted by atomic mass is 10.1. The Morgan fingerprint density at radius 1 is 1.40 bits per heavy atom. The van der Waals surface area contributed by atoms with E-state index in [2.05, 4.69) is 18.3 Å². The van der Waals surface area contributed by atoms with Crippen molar-refractivity contribution in [3.8, 4) is 0 Å². The van der Waals surface area contributed by atoms with Crippen LogP contribution in [0.2, 0.25) is 0 Å². The van der Waals surface area contributed by atoms with Gasteiger partial charge in [0.25, 0.3) is 5.91 Å². The lowest BCUT2D eigenvalue weighted by Crippen LogP contribution is -2.28. The SMILES string of the molecule is Cc1cccc2c(N)c(C(=O)NCC3CCCC3)sc12.